The zero-order valence-electron chi connectivity index (χ0n) is 19.2. The van der Waals surface area contributed by atoms with Gasteiger partial charge in [-0.25, -0.2) is 4.98 Å². The number of hydrogen-bond acceptors (Lipinski definition) is 6. The molecule has 3 aromatic rings. The highest BCUT2D eigenvalue weighted by molar-refractivity contribution is 8.00. The van der Waals surface area contributed by atoms with Crippen LogP contribution in [0.1, 0.15) is 43.4 Å². The topological polar surface area (TPSA) is 81.3 Å². The van der Waals surface area contributed by atoms with E-state index in [1.165, 1.54) is 37.0 Å². The van der Waals surface area contributed by atoms with Crippen molar-refractivity contribution in [1.82, 2.24) is 9.97 Å². The Morgan fingerprint density at radius 2 is 1.66 bits per heavy atom. The van der Waals surface area contributed by atoms with E-state index in [-0.39, 0.29) is 5.82 Å². The standard InChI is InChI=1S/C20H23NO2S.C6H5F3N2/c22-20(13-23-14-20)19-12-16(10-11-21-19)15-6-8-18(9-7-15)24-17-4-2-1-3-5-17;7-6(8,9)4-1-2-5(10)11-3-4/h6-12,17,22H,1-5,13-14H2;1-3H,(H2,10,11). The number of anilines is 1. The van der Waals surface area contributed by atoms with Crippen LogP contribution >= 0.6 is 11.8 Å². The fraction of sp³-hybridized carbons (Fsp3) is 0.385. The normalized spacial score (nSPS) is 17.7. The maximum Gasteiger partial charge on any atom is 0.417 e. The number of alkyl halides is 3. The van der Waals surface area contributed by atoms with E-state index in [9.17, 15) is 18.3 Å². The van der Waals surface area contributed by atoms with Crippen molar-refractivity contribution in [2.24, 2.45) is 0 Å². The summed E-state index contributed by atoms with van der Waals surface area (Å²) in [5, 5.41) is 11.2. The number of nitrogens with two attached hydrogens (primary N) is 1. The van der Waals surface area contributed by atoms with Gasteiger partial charge in [-0.3, -0.25) is 4.98 Å². The van der Waals surface area contributed by atoms with Gasteiger partial charge in [-0.15, -0.1) is 11.8 Å². The van der Waals surface area contributed by atoms with Crippen LogP contribution in [0.3, 0.4) is 0 Å². The predicted octanol–water partition coefficient (Wildman–Crippen LogP) is 6.07. The van der Waals surface area contributed by atoms with Gasteiger partial charge in [0.25, 0.3) is 0 Å². The van der Waals surface area contributed by atoms with E-state index in [4.69, 9.17) is 10.5 Å². The molecule has 5 rings (SSSR count). The minimum atomic E-state index is -4.33. The largest absolute Gasteiger partial charge is 0.417 e. The number of aliphatic hydroxyl groups is 1. The smallest absolute Gasteiger partial charge is 0.384 e. The second-order valence-corrected chi connectivity index (χ2v) is 10.2. The lowest BCUT2D eigenvalue weighted by atomic mass is 9.94. The first-order valence-corrected chi connectivity index (χ1v) is 12.4. The second kappa shape index (κ2) is 11.0. The summed E-state index contributed by atoms with van der Waals surface area (Å²) in [6.07, 6.45) is 4.99. The Kier molecular flexibility index (Phi) is 7.98. The van der Waals surface area contributed by atoms with Crippen LogP contribution in [0.5, 0.6) is 0 Å². The average molecular weight is 504 g/mol. The first-order valence-electron chi connectivity index (χ1n) is 11.6. The summed E-state index contributed by atoms with van der Waals surface area (Å²) in [5.74, 6) is 0.0815. The minimum Gasteiger partial charge on any atom is -0.384 e. The molecule has 2 fully saturated rings. The Bertz CT molecular complexity index is 1100. The van der Waals surface area contributed by atoms with Gasteiger partial charge in [0.05, 0.1) is 24.5 Å². The third-order valence-electron chi connectivity index (χ3n) is 6.07. The molecule has 2 aliphatic rings. The molecule has 186 valence electrons. The molecule has 1 saturated carbocycles. The quantitative estimate of drug-likeness (QED) is 0.450. The Balaban J connectivity index is 0.000000221. The highest BCUT2D eigenvalue weighted by Crippen LogP contribution is 2.35. The highest BCUT2D eigenvalue weighted by atomic mass is 32.2. The molecule has 0 spiro atoms. The Labute approximate surface area is 206 Å². The number of nitrogens with zero attached hydrogens (tertiary/aromatic N) is 2. The van der Waals surface area contributed by atoms with E-state index in [1.54, 1.807) is 6.20 Å². The van der Waals surface area contributed by atoms with Crippen molar-refractivity contribution in [2.75, 3.05) is 18.9 Å². The first-order chi connectivity index (χ1) is 16.7. The van der Waals surface area contributed by atoms with Crippen molar-refractivity contribution in [1.29, 1.82) is 0 Å². The molecule has 1 aliphatic heterocycles. The summed E-state index contributed by atoms with van der Waals surface area (Å²) < 4.78 is 40.6. The van der Waals surface area contributed by atoms with Crippen molar-refractivity contribution < 1.29 is 23.0 Å². The second-order valence-electron chi connectivity index (χ2n) is 8.83. The Hall–Kier alpha value is -2.62. The van der Waals surface area contributed by atoms with E-state index in [2.05, 4.69) is 34.2 Å². The summed E-state index contributed by atoms with van der Waals surface area (Å²) in [5.41, 5.74) is 6.35. The van der Waals surface area contributed by atoms with Crippen LogP contribution in [0.2, 0.25) is 0 Å². The lowest BCUT2D eigenvalue weighted by molar-refractivity contribution is -0.186. The van der Waals surface area contributed by atoms with Crippen LogP contribution in [-0.2, 0) is 16.5 Å². The number of aromatic nitrogens is 2. The van der Waals surface area contributed by atoms with Crippen LogP contribution in [0.15, 0.2) is 65.8 Å². The summed E-state index contributed by atoms with van der Waals surface area (Å²) in [4.78, 5) is 8.98. The molecule has 1 saturated heterocycles. The number of hydrogen-bond donors (Lipinski definition) is 2. The number of pyridine rings is 2. The zero-order valence-corrected chi connectivity index (χ0v) is 20.0. The van der Waals surface area contributed by atoms with Crippen molar-refractivity contribution in [2.45, 2.75) is 54.0 Å². The summed E-state index contributed by atoms with van der Waals surface area (Å²) >= 11 is 2.02. The highest BCUT2D eigenvalue weighted by Gasteiger charge is 2.39. The number of nitrogen functional groups attached to an aromatic ring is 1. The first kappa shape index (κ1) is 25.5. The average Bonchev–Trinajstić information content (AvgIpc) is 2.84. The van der Waals surface area contributed by atoms with Gasteiger partial charge in [-0.1, -0.05) is 31.4 Å². The molecule has 0 unspecified atom stereocenters. The van der Waals surface area contributed by atoms with Gasteiger partial charge in [-0.05, 0) is 60.4 Å². The van der Waals surface area contributed by atoms with Gasteiger partial charge < -0.3 is 15.6 Å². The van der Waals surface area contributed by atoms with Crippen molar-refractivity contribution in [3.05, 3.63) is 72.2 Å². The molecule has 3 heterocycles. The van der Waals surface area contributed by atoms with Crippen molar-refractivity contribution >= 4 is 17.6 Å². The molecule has 3 N–H and O–H groups in total. The molecule has 1 aromatic carbocycles. The van der Waals surface area contributed by atoms with E-state index in [0.717, 1.165) is 28.5 Å². The number of ether oxygens (including phenoxy) is 1. The van der Waals surface area contributed by atoms with Crippen LogP contribution in [-0.4, -0.2) is 33.5 Å². The van der Waals surface area contributed by atoms with Gasteiger partial charge in [-0.2, -0.15) is 13.2 Å². The maximum atomic E-state index is 11.8. The molecule has 0 radical (unpaired) electrons. The lowest BCUT2D eigenvalue weighted by Crippen LogP contribution is -2.47. The van der Waals surface area contributed by atoms with E-state index >= 15 is 0 Å². The number of rotatable bonds is 4. The van der Waals surface area contributed by atoms with Crippen molar-refractivity contribution in [3.8, 4) is 11.1 Å². The third kappa shape index (κ3) is 6.74. The fourth-order valence-electron chi connectivity index (χ4n) is 3.98. The molecule has 0 atom stereocenters. The SMILES string of the molecule is Nc1ccc(C(F)(F)F)cn1.OC1(c2cc(-c3ccc(SC4CCCCC4)cc3)ccn2)COC1. The number of thioether (sulfide) groups is 1. The molecule has 0 amide bonds. The van der Waals surface area contributed by atoms with Gasteiger partial charge in [0.2, 0.25) is 0 Å². The summed E-state index contributed by atoms with van der Waals surface area (Å²) in [6, 6.07) is 14.8. The molecule has 9 heteroatoms. The van der Waals surface area contributed by atoms with E-state index in [1.807, 2.05) is 23.9 Å². The van der Waals surface area contributed by atoms with Crippen LogP contribution in [0, 0.1) is 0 Å². The minimum absolute atomic E-state index is 0.0815. The molecule has 5 nitrogen and oxygen atoms in total. The van der Waals surface area contributed by atoms with E-state index < -0.39 is 17.3 Å². The Morgan fingerprint density at radius 3 is 2.23 bits per heavy atom. The third-order valence-corrected chi connectivity index (χ3v) is 7.42. The van der Waals surface area contributed by atoms with Crippen molar-refractivity contribution in [3.63, 3.8) is 0 Å². The molecular formula is C26H28F3N3O2S. The van der Waals surface area contributed by atoms with Crippen LogP contribution < -0.4 is 5.73 Å². The number of halogens is 3. The zero-order chi connectivity index (χ0) is 24.9. The summed E-state index contributed by atoms with van der Waals surface area (Å²) in [6.45, 7) is 0.667. The van der Waals surface area contributed by atoms with Crippen LogP contribution in [0.25, 0.3) is 11.1 Å². The Morgan fingerprint density at radius 1 is 0.943 bits per heavy atom. The van der Waals surface area contributed by atoms with Gasteiger partial charge in [0, 0.05) is 22.5 Å². The monoisotopic (exact) mass is 503 g/mol. The molecule has 35 heavy (non-hydrogen) atoms. The number of benzene rings is 1. The molecule has 0 bridgehead atoms. The maximum absolute atomic E-state index is 11.8. The van der Waals surface area contributed by atoms with Gasteiger partial charge in [0.1, 0.15) is 5.82 Å². The molecular weight excluding hydrogens is 475 g/mol. The van der Waals surface area contributed by atoms with Gasteiger partial charge >= 0.3 is 6.18 Å². The molecule has 2 aromatic heterocycles. The predicted molar refractivity (Wildman–Crippen MR) is 131 cm³/mol. The fourth-order valence-corrected chi connectivity index (χ4v) is 5.23. The van der Waals surface area contributed by atoms with Gasteiger partial charge in [0.15, 0.2) is 5.60 Å². The molecule has 1 aliphatic carbocycles. The summed E-state index contributed by atoms with van der Waals surface area (Å²) in [7, 11) is 0. The van der Waals surface area contributed by atoms with E-state index in [0.29, 0.717) is 25.1 Å². The van der Waals surface area contributed by atoms with Crippen LogP contribution in [0.4, 0.5) is 19.0 Å². The lowest BCUT2D eigenvalue weighted by Gasteiger charge is -2.35.